The first kappa shape index (κ1) is 14.0. The van der Waals surface area contributed by atoms with E-state index in [9.17, 15) is 9.59 Å². The zero-order chi connectivity index (χ0) is 16.1. The van der Waals surface area contributed by atoms with Gasteiger partial charge in [-0.05, 0) is 24.6 Å². The van der Waals surface area contributed by atoms with E-state index in [1.165, 1.54) is 0 Å². The van der Waals surface area contributed by atoms with Crippen molar-refractivity contribution in [2.75, 3.05) is 5.32 Å². The van der Waals surface area contributed by atoms with Gasteiger partial charge in [0.2, 0.25) is 0 Å². The molecule has 1 aliphatic heterocycles. The van der Waals surface area contributed by atoms with Gasteiger partial charge in [0.1, 0.15) is 5.82 Å². The molecule has 1 aliphatic rings. The number of rotatable bonds is 1. The van der Waals surface area contributed by atoms with Gasteiger partial charge in [-0.3, -0.25) is 19.9 Å². The molecular formula is C15H12BrN5O2. The molecular weight excluding hydrogens is 362 g/mol. The molecule has 0 saturated heterocycles. The molecule has 1 atom stereocenters. The van der Waals surface area contributed by atoms with E-state index < -0.39 is 11.2 Å². The molecule has 116 valence electrons. The Morgan fingerprint density at radius 1 is 1.09 bits per heavy atom. The second-order valence-electron chi connectivity index (χ2n) is 5.42. The van der Waals surface area contributed by atoms with Crippen LogP contribution in [0.3, 0.4) is 0 Å². The smallest absolute Gasteiger partial charge is 0.324 e. The molecule has 7 nitrogen and oxygen atoms in total. The van der Waals surface area contributed by atoms with E-state index in [2.05, 4.69) is 41.4 Å². The third-order valence-electron chi connectivity index (χ3n) is 4.00. The molecule has 23 heavy (non-hydrogen) atoms. The summed E-state index contributed by atoms with van der Waals surface area (Å²) in [4.78, 5) is 29.0. The lowest BCUT2D eigenvalue weighted by molar-refractivity contribution is 0.881. The molecule has 0 saturated carbocycles. The molecule has 0 radical (unpaired) electrons. The summed E-state index contributed by atoms with van der Waals surface area (Å²) in [5.74, 6) is 0.684. The fourth-order valence-corrected chi connectivity index (χ4v) is 3.27. The number of halogens is 1. The largest absolute Gasteiger partial charge is 0.327 e. The lowest BCUT2D eigenvalue weighted by Gasteiger charge is -2.25. The van der Waals surface area contributed by atoms with Crippen LogP contribution in [0.25, 0.3) is 0 Å². The fraction of sp³-hybridized carbons (Fsp3) is 0.133. The molecule has 2 aromatic heterocycles. The van der Waals surface area contributed by atoms with E-state index in [4.69, 9.17) is 0 Å². The van der Waals surface area contributed by atoms with Crippen LogP contribution in [-0.4, -0.2) is 20.2 Å². The molecule has 0 amide bonds. The Labute approximate surface area is 138 Å². The Kier molecular flexibility index (Phi) is 3.02. The van der Waals surface area contributed by atoms with Crippen LogP contribution < -0.4 is 16.6 Å². The number of nitrogens with one attached hydrogen (secondary N) is 4. The monoisotopic (exact) mass is 373 g/mol. The lowest BCUT2D eigenvalue weighted by atomic mass is 9.83. The molecule has 0 fully saturated rings. The fourth-order valence-electron chi connectivity index (χ4n) is 3.01. The molecule has 0 aliphatic carbocycles. The molecule has 8 heteroatoms. The molecule has 4 N–H and O–H groups in total. The number of nitrogens with zero attached hydrogens (tertiary/aromatic N) is 1. The van der Waals surface area contributed by atoms with Crippen molar-refractivity contribution in [3.63, 3.8) is 0 Å². The van der Waals surface area contributed by atoms with Gasteiger partial charge in [0.15, 0.2) is 5.82 Å². The number of hydrogen-bond acceptors (Lipinski definition) is 4. The van der Waals surface area contributed by atoms with Gasteiger partial charge >= 0.3 is 5.69 Å². The summed E-state index contributed by atoms with van der Waals surface area (Å²) in [6.07, 6.45) is 0. The summed E-state index contributed by atoms with van der Waals surface area (Å²) in [7, 11) is 0. The number of aromatic nitrogens is 4. The SMILES string of the molecule is Cc1[nH]nc2c1C(c1ccc(Br)cc1)c1c([nH]c(=O)[nH]c1=O)N2. The van der Waals surface area contributed by atoms with Crippen molar-refractivity contribution in [3.8, 4) is 0 Å². The standard InChI is InChI=1S/C15H12BrN5O2/c1-6-9-10(7-2-4-8(16)5-3-7)11-12(17-13(9)21-20-6)18-15(23)19-14(11)22/h2-5,10H,1H3,(H4,17,18,19,20,21,22,23). The number of aryl methyl sites for hydroxylation is 1. The Bertz CT molecular complexity index is 1020. The van der Waals surface area contributed by atoms with E-state index in [0.717, 1.165) is 21.3 Å². The minimum absolute atomic E-state index is 0.311. The number of aromatic amines is 3. The Morgan fingerprint density at radius 2 is 1.83 bits per heavy atom. The highest BCUT2D eigenvalue weighted by molar-refractivity contribution is 9.10. The highest BCUT2D eigenvalue weighted by Gasteiger charge is 2.33. The lowest BCUT2D eigenvalue weighted by Crippen LogP contribution is -2.31. The first-order valence-electron chi connectivity index (χ1n) is 6.98. The van der Waals surface area contributed by atoms with Crippen LogP contribution in [0.2, 0.25) is 0 Å². The molecule has 3 heterocycles. The molecule has 1 aromatic carbocycles. The third-order valence-corrected chi connectivity index (χ3v) is 4.53. The number of H-pyrrole nitrogens is 3. The maximum absolute atomic E-state index is 12.4. The first-order chi connectivity index (χ1) is 11.0. The van der Waals surface area contributed by atoms with Crippen LogP contribution in [0.4, 0.5) is 11.6 Å². The topological polar surface area (TPSA) is 106 Å². The van der Waals surface area contributed by atoms with E-state index in [1.807, 2.05) is 31.2 Å². The summed E-state index contributed by atoms with van der Waals surface area (Å²) in [6.45, 7) is 1.91. The van der Waals surface area contributed by atoms with Crippen molar-refractivity contribution in [1.82, 2.24) is 20.2 Å². The zero-order valence-corrected chi connectivity index (χ0v) is 13.6. The molecule has 3 aromatic rings. The van der Waals surface area contributed by atoms with Crippen LogP contribution in [0.15, 0.2) is 38.3 Å². The summed E-state index contributed by atoms with van der Waals surface area (Å²) in [5, 5.41) is 10.2. The van der Waals surface area contributed by atoms with Crippen molar-refractivity contribution in [1.29, 1.82) is 0 Å². The average Bonchev–Trinajstić information content (AvgIpc) is 2.87. The predicted octanol–water partition coefficient (Wildman–Crippen LogP) is 2.09. The number of fused-ring (bicyclic) bond motifs is 2. The van der Waals surface area contributed by atoms with Crippen molar-refractivity contribution in [2.24, 2.45) is 0 Å². The zero-order valence-electron chi connectivity index (χ0n) is 12.0. The first-order valence-corrected chi connectivity index (χ1v) is 7.77. The van der Waals surface area contributed by atoms with Crippen LogP contribution >= 0.6 is 15.9 Å². The number of anilines is 2. The van der Waals surface area contributed by atoms with Gasteiger partial charge in [0.05, 0.1) is 5.56 Å². The van der Waals surface area contributed by atoms with Crippen LogP contribution in [-0.2, 0) is 0 Å². The summed E-state index contributed by atoms with van der Waals surface area (Å²) < 4.78 is 0.954. The minimum atomic E-state index is -0.550. The minimum Gasteiger partial charge on any atom is -0.324 e. The van der Waals surface area contributed by atoms with Gasteiger partial charge in [-0.2, -0.15) is 5.10 Å². The van der Waals surface area contributed by atoms with Gasteiger partial charge in [-0.25, -0.2) is 4.79 Å². The highest BCUT2D eigenvalue weighted by atomic mass is 79.9. The van der Waals surface area contributed by atoms with Gasteiger partial charge < -0.3 is 5.32 Å². The quantitative estimate of drug-likeness (QED) is 0.409. The number of benzene rings is 1. The number of hydrogen-bond donors (Lipinski definition) is 4. The van der Waals surface area contributed by atoms with E-state index in [1.54, 1.807) is 0 Å². The van der Waals surface area contributed by atoms with Gasteiger partial charge in [0.25, 0.3) is 5.56 Å². The predicted molar refractivity (Wildman–Crippen MR) is 89.4 cm³/mol. The average molecular weight is 374 g/mol. The maximum atomic E-state index is 12.4. The molecule has 0 bridgehead atoms. The summed E-state index contributed by atoms with van der Waals surface area (Å²) in [6, 6.07) is 7.74. The van der Waals surface area contributed by atoms with Crippen LogP contribution in [0.1, 0.15) is 28.3 Å². The van der Waals surface area contributed by atoms with E-state index in [-0.39, 0.29) is 5.92 Å². The van der Waals surface area contributed by atoms with Gasteiger partial charge in [-0.15, -0.1) is 0 Å². The molecule has 4 rings (SSSR count). The van der Waals surface area contributed by atoms with Crippen LogP contribution in [0.5, 0.6) is 0 Å². The highest BCUT2D eigenvalue weighted by Crippen LogP contribution is 2.42. The van der Waals surface area contributed by atoms with Crippen molar-refractivity contribution in [3.05, 3.63) is 72.0 Å². The third kappa shape index (κ3) is 2.14. The van der Waals surface area contributed by atoms with E-state index in [0.29, 0.717) is 17.2 Å². The van der Waals surface area contributed by atoms with Gasteiger partial charge in [0, 0.05) is 21.6 Å². The van der Waals surface area contributed by atoms with Crippen molar-refractivity contribution < 1.29 is 0 Å². The summed E-state index contributed by atoms with van der Waals surface area (Å²) >= 11 is 3.42. The van der Waals surface area contributed by atoms with Gasteiger partial charge in [-0.1, -0.05) is 28.1 Å². The molecule has 1 unspecified atom stereocenters. The van der Waals surface area contributed by atoms with E-state index >= 15 is 0 Å². The molecule has 0 spiro atoms. The van der Waals surface area contributed by atoms with Crippen molar-refractivity contribution in [2.45, 2.75) is 12.8 Å². The second-order valence-corrected chi connectivity index (χ2v) is 6.33. The second kappa shape index (κ2) is 4.95. The Morgan fingerprint density at radius 3 is 2.57 bits per heavy atom. The Balaban J connectivity index is 2.04. The Hall–Kier alpha value is -2.61. The normalized spacial score (nSPS) is 15.7. The summed E-state index contributed by atoms with van der Waals surface area (Å²) in [5.41, 5.74) is 2.24. The van der Waals surface area contributed by atoms with Crippen molar-refractivity contribution >= 4 is 27.6 Å². The van der Waals surface area contributed by atoms with Crippen LogP contribution in [0, 0.1) is 6.92 Å². The maximum Gasteiger partial charge on any atom is 0.327 e.